The van der Waals surface area contributed by atoms with Crippen molar-refractivity contribution in [2.24, 2.45) is 0 Å². The van der Waals surface area contributed by atoms with Crippen LogP contribution in [0.25, 0.3) is 0 Å². The molecule has 4 nitrogen and oxygen atoms in total. The fourth-order valence-electron chi connectivity index (χ4n) is 2.74. The molecule has 1 saturated heterocycles. The maximum Gasteiger partial charge on any atom is 0.224 e. The van der Waals surface area contributed by atoms with Gasteiger partial charge in [-0.2, -0.15) is 0 Å². The first-order chi connectivity index (χ1) is 9.47. The summed E-state index contributed by atoms with van der Waals surface area (Å²) in [6.07, 6.45) is 2.68. The van der Waals surface area contributed by atoms with Crippen molar-refractivity contribution < 1.29 is 9.59 Å². The summed E-state index contributed by atoms with van der Waals surface area (Å²) in [6, 6.07) is 0.288. The molecule has 1 heterocycles. The van der Waals surface area contributed by atoms with Gasteiger partial charge < -0.3 is 9.80 Å². The number of carbonyl (C=O) groups excluding carboxylic acids is 2. The Morgan fingerprint density at radius 3 is 2.65 bits per heavy atom. The molecule has 0 saturated carbocycles. The Balaban J connectivity index is 2.34. The molecule has 0 aromatic carbocycles. The Labute approximate surface area is 127 Å². The molecule has 1 aliphatic heterocycles. The predicted octanol–water partition coefficient (Wildman–Crippen LogP) is 2.38. The number of rotatable bonds is 8. The first-order valence-electron chi connectivity index (χ1n) is 7.66. The fraction of sp³-hybridized carbons (Fsp3) is 0.867. The van der Waals surface area contributed by atoms with E-state index in [0.717, 1.165) is 39.0 Å². The highest BCUT2D eigenvalue weighted by molar-refractivity contribution is 8.14. The second-order valence-corrected chi connectivity index (χ2v) is 6.98. The summed E-state index contributed by atoms with van der Waals surface area (Å²) in [7, 11) is 0. The van der Waals surface area contributed by atoms with Gasteiger partial charge in [-0.1, -0.05) is 25.6 Å². The summed E-state index contributed by atoms with van der Waals surface area (Å²) >= 11 is 1.31. The second-order valence-electron chi connectivity index (χ2n) is 5.50. The van der Waals surface area contributed by atoms with Crippen molar-refractivity contribution in [3.8, 4) is 0 Å². The lowest BCUT2D eigenvalue weighted by atomic mass is 10.1. The molecule has 0 spiro atoms. The molecule has 20 heavy (non-hydrogen) atoms. The summed E-state index contributed by atoms with van der Waals surface area (Å²) in [4.78, 5) is 27.5. The van der Waals surface area contributed by atoms with E-state index in [0.29, 0.717) is 6.42 Å². The quantitative estimate of drug-likeness (QED) is 0.690. The first kappa shape index (κ1) is 17.5. The Kier molecular flexibility index (Phi) is 7.59. The van der Waals surface area contributed by atoms with Gasteiger partial charge in [-0.05, 0) is 39.4 Å². The average Bonchev–Trinajstić information content (AvgIpc) is 2.74. The highest BCUT2D eigenvalue weighted by Crippen LogP contribution is 2.26. The van der Waals surface area contributed by atoms with E-state index >= 15 is 0 Å². The Morgan fingerprint density at radius 1 is 1.45 bits per heavy atom. The van der Waals surface area contributed by atoms with Gasteiger partial charge >= 0.3 is 0 Å². The minimum absolute atomic E-state index is 0.110. The molecule has 0 N–H and O–H groups in total. The molecule has 0 aliphatic carbocycles. The molecule has 2 unspecified atom stereocenters. The van der Waals surface area contributed by atoms with Gasteiger partial charge in [0, 0.05) is 31.2 Å². The molecule has 1 amide bonds. The van der Waals surface area contributed by atoms with Crippen molar-refractivity contribution in [1.29, 1.82) is 0 Å². The van der Waals surface area contributed by atoms with Crippen LogP contribution < -0.4 is 0 Å². The van der Waals surface area contributed by atoms with E-state index in [1.54, 1.807) is 6.92 Å². The summed E-state index contributed by atoms with van der Waals surface area (Å²) in [5.41, 5.74) is 0. The molecular formula is C15H28N2O2S. The van der Waals surface area contributed by atoms with Crippen LogP contribution in [0.3, 0.4) is 0 Å². The van der Waals surface area contributed by atoms with Crippen molar-refractivity contribution in [2.45, 2.75) is 58.2 Å². The summed E-state index contributed by atoms with van der Waals surface area (Å²) in [5, 5.41) is 0.268. The van der Waals surface area contributed by atoms with Crippen molar-refractivity contribution in [2.75, 3.05) is 26.2 Å². The zero-order chi connectivity index (χ0) is 15.1. The van der Waals surface area contributed by atoms with Crippen LogP contribution in [0.1, 0.15) is 47.0 Å². The van der Waals surface area contributed by atoms with Crippen molar-refractivity contribution >= 4 is 22.8 Å². The maximum atomic E-state index is 12.0. The molecule has 0 radical (unpaired) electrons. The summed E-state index contributed by atoms with van der Waals surface area (Å²) in [5.74, 6) is 0.207. The van der Waals surface area contributed by atoms with Crippen LogP contribution in [0.2, 0.25) is 0 Å². The number of carbonyl (C=O) groups is 2. The summed E-state index contributed by atoms with van der Waals surface area (Å²) in [6.45, 7) is 12.1. The Morgan fingerprint density at radius 2 is 2.10 bits per heavy atom. The van der Waals surface area contributed by atoms with E-state index in [-0.39, 0.29) is 22.3 Å². The zero-order valence-corrected chi connectivity index (χ0v) is 14.0. The Bertz CT molecular complexity index is 332. The van der Waals surface area contributed by atoms with Gasteiger partial charge in [0.25, 0.3) is 0 Å². The number of hydrogen-bond acceptors (Lipinski definition) is 4. The highest BCUT2D eigenvalue weighted by atomic mass is 32.2. The van der Waals surface area contributed by atoms with Crippen LogP contribution in [-0.2, 0) is 9.59 Å². The third-order valence-corrected chi connectivity index (χ3v) is 4.96. The molecule has 5 heteroatoms. The third-order valence-electron chi connectivity index (χ3n) is 3.98. The number of nitrogens with zero attached hydrogens (tertiary/aromatic N) is 2. The lowest BCUT2D eigenvalue weighted by molar-refractivity contribution is -0.129. The molecule has 2 atom stereocenters. The maximum absolute atomic E-state index is 12.0. The van der Waals surface area contributed by atoms with Crippen LogP contribution in [0.15, 0.2) is 0 Å². The second kappa shape index (κ2) is 8.67. The molecular weight excluding hydrogens is 272 g/mol. The van der Waals surface area contributed by atoms with Crippen molar-refractivity contribution in [1.82, 2.24) is 9.80 Å². The summed E-state index contributed by atoms with van der Waals surface area (Å²) < 4.78 is 0. The largest absolute Gasteiger partial charge is 0.339 e. The Hall–Kier alpha value is -0.550. The van der Waals surface area contributed by atoms with E-state index in [1.165, 1.54) is 11.8 Å². The van der Waals surface area contributed by atoms with Crippen LogP contribution in [0.5, 0.6) is 0 Å². The lowest BCUT2D eigenvalue weighted by Gasteiger charge is -2.26. The van der Waals surface area contributed by atoms with Crippen LogP contribution >= 0.6 is 11.8 Å². The van der Waals surface area contributed by atoms with E-state index in [2.05, 4.69) is 25.7 Å². The molecule has 116 valence electrons. The van der Waals surface area contributed by atoms with E-state index in [9.17, 15) is 9.59 Å². The van der Waals surface area contributed by atoms with E-state index in [1.807, 2.05) is 4.90 Å². The smallest absolute Gasteiger partial charge is 0.224 e. The van der Waals surface area contributed by atoms with E-state index < -0.39 is 0 Å². The normalized spacial score (nSPS) is 20.8. The van der Waals surface area contributed by atoms with Gasteiger partial charge in [-0.15, -0.1) is 0 Å². The van der Waals surface area contributed by atoms with Gasteiger partial charge in [0.15, 0.2) is 5.12 Å². The fourth-order valence-corrected chi connectivity index (χ4v) is 3.67. The van der Waals surface area contributed by atoms with Crippen LogP contribution in [0.4, 0.5) is 0 Å². The average molecular weight is 300 g/mol. The number of amides is 1. The monoisotopic (exact) mass is 300 g/mol. The lowest BCUT2D eigenvalue weighted by Crippen LogP contribution is -2.35. The van der Waals surface area contributed by atoms with Gasteiger partial charge in [-0.25, -0.2) is 0 Å². The zero-order valence-electron chi connectivity index (χ0n) is 13.2. The molecule has 0 aromatic rings. The SMILES string of the molecule is CCN(CC)CCCC(C)N1CC(SC(C)=O)CC1=O. The molecule has 1 fully saturated rings. The van der Waals surface area contributed by atoms with E-state index in [4.69, 9.17) is 0 Å². The van der Waals surface area contributed by atoms with Gasteiger partial charge in [0.05, 0.1) is 0 Å². The van der Waals surface area contributed by atoms with Gasteiger partial charge in [0.1, 0.15) is 0 Å². The minimum Gasteiger partial charge on any atom is -0.339 e. The highest BCUT2D eigenvalue weighted by Gasteiger charge is 2.33. The minimum atomic E-state index is 0.110. The molecule has 1 rings (SSSR count). The van der Waals surface area contributed by atoms with Crippen molar-refractivity contribution in [3.63, 3.8) is 0 Å². The molecule has 0 bridgehead atoms. The number of likely N-dealkylation sites (tertiary alicyclic amines) is 1. The standard InChI is InChI=1S/C15H28N2O2S/c1-5-16(6-2)9-7-8-12(3)17-11-14(10-15(17)19)20-13(4)18/h12,14H,5-11H2,1-4H3. The van der Waals surface area contributed by atoms with Crippen molar-refractivity contribution in [3.05, 3.63) is 0 Å². The first-order valence-corrected chi connectivity index (χ1v) is 8.54. The number of thioether (sulfide) groups is 1. The molecule has 0 aromatic heterocycles. The number of hydrogen-bond donors (Lipinski definition) is 0. The van der Waals surface area contributed by atoms with Crippen LogP contribution in [-0.4, -0.2) is 58.3 Å². The third kappa shape index (κ3) is 5.44. The van der Waals surface area contributed by atoms with Crippen LogP contribution in [0, 0.1) is 0 Å². The van der Waals surface area contributed by atoms with Gasteiger partial charge in [0.2, 0.25) is 5.91 Å². The predicted molar refractivity (Wildman–Crippen MR) is 84.9 cm³/mol. The molecule has 1 aliphatic rings. The van der Waals surface area contributed by atoms with Gasteiger partial charge in [-0.3, -0.25) is 9.59 Å². The topological polar surface area (TPSA) is 40.6 Å².